The fraction of sp³-hybridized carbons (Fsp3) is 0.409. The molecule has 0 spiro atoms. The molecule has 164 valence electrons. The molecule has 4 rings (SSSR count). The molecule has 2 atom stereocenters. The summed E-state index contributed by atoms with van der Waals surface area (Å²) in [5.41, 5.74) is 1.89. The van der Waals surface area contributed by atoms with E-state index < -0.39 is 17.8 Å². The van der Waals surface area contributed by atoms with Crippen molar-refractivity contribution in [3.8, 4) is 0 Å². The van der Waals surface area contributed by atoms with E-state index in [0.29, 0.717) is 53.8 Å². The molecule has 2 heterocycles. The van der Waals surface area contributed by atoms with Crippen LogP contribution in [0.4, 0.5) is 10.7 Å². The Morgan fingerprint density at radius 2 is 1.77 bits per heavy atom. The maximum absolute atomic E-state index is 13.2. The standard InChI is InChI=1S/C22H23ClN2O5S/c23-12-5-7-13(8-6-12)24-20(27)18-16-9-10-30-11-17(16)31-21(18)25-19(26)14-3-1-2-4-15(14)22(28)29/h5-8,14-15H,1-4,9-11H2,(H,24,27)(H,25,26)(H,28,29). The largest absolute Gasteiger partial charge is 0.481 e. The van der Waals surface area contributed by atoms with Gasteiger partial charge in [0.25, 0.3) is 5.91 Å². The minimum atomic E-state index is -0.945. The van der Waals surface area contributed by atoms with E-state index >= 15 is 0 Å². The maximum Gasteiger partial charge on any atom is 0.307 e. The number of carbonyl (C=O) groups excluding carboxylic acids is 2. The van der Waals surface area contributed by atoms with E-state index in [1.165, 1.54) is 11.3 Å². The molecular formula is C22H23ClN2O5S. The molecule has 1 fully saturated rings. The third-order valence-corrected chi connectivity index (χ3v) is 7.18. The highest BCUT2D eigenvalue weighted by molar-refractivity contribution is 7.17. The summed E-state index contributed by atoms with van der Waals surface area (Å²) in [5, 5.41) is 16.3. The highest BCUT2D eigenvalue weighted by Gasteiger charge is 2.37. The molecule has 1 saturated carbocycles. The topological polar surface area (TPSA) is 105 Å². The normalized spacial score (nSPS) is 20.5. The zero-order valence-electron chi connectivity index (χ0n) is 16.8. The second-order valence-corrected chi connectivity index (χ2v) is 9.34. The van der Waals surface area contributed by atoms with Gasteiger partial charge in [0.1, 0.15) is 5.00 Å². The molecule has 7 nitrogen and oxygen atoms in total. The van der Waals surface area contributed by atoms with Crippen LogP contribution in [0.5, 0.6) is 0 Å². The van der Waals surface area contributed by atoms with Crippen molar-refractivity contribution in [2.45, 2.75) is 38.7 Å². The molecular weight excluding hydrogens is 440 g/mol. The lowest BCUT2D eigenvalue weighted by atomic mass is 9.78. The van der Waals surface area contributed by atoms with Gasteiger partial charge in [0, 0.05) is 15.6 Å². The molecule has 2 amide bonds. The molecule has 0 bridgehead atoms. The average Bonchev–Trinajstić information content (AvgIpc) is 3.13. The van der Waals surface area contributed by atoms with Crippen molar-refractivity contribution in [3.05, 3.63) is 45.3 Å². The first-order valence-corrected chi connectivity index (χ1v) is 11.5. The average molecular weight is 463 g/mol. The van der Waals surface area contributed by atoms with Crippen molar-refractivity contribution in [1.29, 1.82) is 0 Å². The molecule has 9 heteroatoms. The summed E-state index contributed by atoms with van der Waals surface area (Å²) in [5.74, 6) is -2.91. The van der Waals surface area contributed by atoms with Crippen molar-refractivity contribution >= 4 is 51.4 Å². The van der Waals surface area contributed by atoms with E-state index in [2.05, 4.69) is 10.6 Å². The zero-order valence-corrected chi connectivity index (χ0v) is 18.4. The smallest absolute Gasteiger partial charge is 0.307 e. The SMILES string of the molecule is O=C(Nc1ccc(Cl)cc1)c1c(NC(=O)C2CCCCC2C(=O)O)sc2c1CCOC2. The van der Waals surface area contributed by atoms with Crippen molar-refractivity contribution in [1.82, 2.24) is 0 Å². The molecule has 2 unspecified atom stereocenters. The third-order valence-electron chi connectivity index (χ3n) is 5.81. The first-order valence-electron chi connectivity index (χ1n) is 10.3. The number of hydrogen-bond acceptors (Lipinski definition) is 5. The van der Waals surface area contributed by atoms with Crippen LogP contribution < -0.4 is 10.6 Å². The second-order valence-electron chi connectivity index (χ2n) is 7.80. The predicted molar refractivity (Wildman–Crippen MR) is 119 cm³/mol. The number of ether oxygens (including phenoxy) is 1. The number of fused-ring (bicyclic) bond motifs is 1. The molecule has 1 aliphatic carbocycles. The van der Waals surface area contributed by atoms with E-state index in [1.54, 1.807) is 24.3 Å². The highest BCUT2D eigenvalue weighted by Crippen LogP contribution is 2.38. The Morgan fingerprint density at radius 1 is 1.06 bits per heavy atom. The number of anilines is 2. The summed E-state index contributed by atoms with van der Waals surface area (Å²) in [4.78, 5) is 38.7. The van der Waals surface area contributed by atoms with Gasteiger partial charge in [-0.2, -0.15) is 0 Å². The Hall–Kier alpha value is -2.42. The van der Waals surface area contributed by atoms with Gasteiger partial charge < -0.3 is 20.5 Å². The molecule has 1 aliphatic heterocycles. The van der Waals surface area contributed by atoms with Crippen LogP contribution in [0.3, 0.4) is 0 Å². The number of thiophene rings is 1. The number of hydrogen-bond donors (Lipinski definition) is 3. The van der Waals surface area contributed by atoms with Gasteiger partial charge in [-0.05, 0) is 49.1 Å². The van der Waals surface area contributed by atoms with Crippen LogP contribution in [0, 0.1) is 11.8 Å². The van der Waals surface area contributed by atoms with Crippen LogP contribution in [-0.4, -0.2) is 29.5 Å². The maximum atomic E-state index is 13.2. The van der Waals surface area contributed by atoms with Gasteiger partial charge in [-0.1, -0.05) is 24.4 Å². The lowest BCUT2D eigenvalue weighted by Gasteiger charge is -2.27. The van der Waals surface area contributed by atoms with Gasteiger partial charge in [0.15, 0.2) is 0 Å². The van der Waals surface area contributed by atoms with Crippen molar-refractivity contribution in [2.75, 3.05) is 17.2 Å². The summed E-state index contributed by atoms with van der Waals surface area (Å²) in [7, 11) is 0. The molecule has 3 N–H and O–H groups in total. The van der Waals surface area contributed by atoms with E-state index in [0.717, 1.165) is 23.3 Å². The number of halogens is 1. The third kappa shape index (κ3) is 4.76. The Labute approximate surface area is 188 Å². The van der Waals surface area contributed by atoms with Gasteiger partial charge in [-0.15, -0.1) is 11.3 Å². The number of rotatable bonds is 5. The molecule has 0 radical (unpaired) electrons. The van der Waals surface area contributed by atoms with Crippen molar-refractivity contribution < 1.29 is 24.2 Å². The Morgan fingerprint density at radius 3 is 2.48 bits per heavy atom. The van der Waals surface area contributed by atoms with Gasteiger partial charge >= 0.3 is 5.97 Å². The number of carboxylic acid groups (broad SMARTS) is 1. The number of amides is 2. The molecule has 2 aromatic rings. The van der Waals surface area contributed by atoms with E-state index in [9.17, 15) is 19.5 Å². The Bertz CT molecular complexity index is 1000. The quantitative estimate of drug-likeness (QED) is 0.604. The summed E-state index contributed by atoms with van der Waals surface area (Å²) in [6.45, 7) is 0.889. The van der Waals surface area contributed by atoms with Crippen LogP contribution in [0.25, 0.3) is 0 Å². The van der Waals surface area contributed by atoms with Gasteiger partial charge in [-0.25, -0.2) is 0 Å². The molecule has 0 saturated heterocycles. The number of carboxylic acids is 1. The summed E-state index contributed by atoms with van der Waals surface area (Å²) in [6, 6.07) is 6.79. The number of aliphatic carboxylic acids is 1. The number of nitrogens with one attached hydrogen (secondary N) is 2. The molecule has 31 heavy (non-hydrogen) atoms. The van der Waals surface area contributed by atoms with Crippen molar-refractivity contribution in [2.24, 2.45) is 11.8 Å². The van der Waals surface area contributed by atoms with Crippen molar-refractivity contribution in [3.63, 3.8) is 0 Å². The summed E-state index contributed by atoms with van der Waals surface area (Å²) < 4.78 is 5.52. The molecule has 2 aliphatic rings. The van der Waals surface area contributed by atoms with Gasteiger partial charge in [0.2, 0.25) is 5.91 Å². The molecule has 1 aromatic carbocycles. The van der Waals surface area contributed by atoms with E-state index in [1.807, 2.05) is 0 Å². The zero-order chi connectivity index (χ0) is 22.0. The van der Waals surface area contributed by atoms with Crippen LogP contribution in [-0.2, 0) is 27.4 Å². The summed E-state index contributed by atoms with van der Waals surface area (Å²) in [6.07, 6.45) is 3.22. The fourth-order valence-electron chi connectivity index (χ4n) is 4.23. The van der Waals surface area contributed by atoms with E-state index in [4.69, 9.17) is 16.3 Å². The lowest BCUT2D eigenvalue weighted by Crippen LogP contribution is -2.36. The minimum absolute atomic E-state index is 0.324. The first kappa shape index (κ1) is 21.8. The Kier molecular flexibility index (Phi) is 6.60. The fourth-order valence-corrected chi connectivity index (χ4v) is 5.54. The Balaban J connectivity index is 1.60. The monoisotopic (exact) mass is 462 g/mol. The van der Waals surface area contributed by atoms with Crippen LogP contribution in [0.2, 0.25) is 5.02 Å². The predicted octanol–water partition coefficient (Wildman–Crippen LogP) is 4.56. The molecule has 1 aromatic heterocycles. The lowest BCUT2D eigenvalue weighted by molar-refractivity contribution is -0.147. The second kappa shape index (κ2) is 9.38. The number of benzene rings is 1. The minimum Gasteiger partial charge on any atom is -0.481 e. The van der Waals surface area contributed by atoms with E-state index in [-0.39, 0.29) is 11.8 Å². The van der Waals surface area contributed by atoms with Crippen LogP contribution >= 0.6 is 22.9 Å². The van der Waals surface area contributed by atoms with Gasteiger partial charge in [-0.3, -0.25) is 14.4 Å². The van der Waals surface area contributed by atoms with Crippen LogP contribution in [0.1, 0.15) is 46.5 Å². The number of carbonyl (C=O) groups is 3. The first-order chi connectivity index (χ1) is 14.9. The summed E-state index contributed by atoms with van der Waals surface area (Å²) >= 11 is 7.24. The van der Waals surface area contributed by atoms with Gasteiger partial charge in [0.05, 0.1) is 30.6 Å². The van der Waals surface area contributed by atoms with Crippen LogP contribution in [0.15, 0.2) is 24.3 Å². The highest BCUT2D eigenvalue weighted by atomic mass is 35.5.